The maximum Gasteiger partial charge on any atom is 0.251 e. The van der Waals surface area contributed by atoms with Gasteiger partial charge < -0.3 is 11.1 Å². The van der Waals surface area contributed by atoms with E-state index in [9.17, 15) is 4.79 Å². The normalized spacial score (nSPS) is 10.3. The number of nitrogens with two attached hydrogens (primary N) is 1. The summed E-state index contributed by atoms with van der Waals surface area (Å²) in [6.45, 7) is 1.02. The minimum absolute atomic E-state index is 0.106. The number of aromatic nitrogens is 1. The highest BCUT2D eigenvalue weighted by atomic mass is 79.9. The fourth-order valence-corrected chi connectivity index (χ4v) is 2.28. The van der Waals surface area contributed by atoms with Crippen molar-refractivity contribution in [2.75, 3.05) is 6.54 Å². The van der Waals surface area contributed by atoms with Gasteiger partial charge in [0.1, 0.15) is 0 Å². The van der Waals surface area contributed by atoms with Gasteiger partial charge in [0.15, 0.2) is 0 Å². The van der Waals surface area contributed by atoms with Crippen molar-refractivity contribution in [3.63, 3.8) is 0 Å². The molecule has 1 aromatic carbocycles. The molecule has 0 saturated heterocycles. The van der Waals surface area contributed by atoms with E-state index in [2.05, 4.69) is 26.2 Å². The number of amides is 1. The van der Waals surface area contributed by atoms with Crippen LogP contribution in [0.4, 0.5) is 0 Å². The first-order chi connectivity index (χ1) is 9.69. The molecular weight excluding hydrogens is 318 g/mol. The molecule has 0 aliphatic heterocycles. The summed E-state index contributed by atoms with van der Waals surface area (Å²) in [5.41, 5.74) is 7.98. The first-order valence-corrected chi connectivity index (χ1v) is 7.16. The quantitative estimate of drug-likeness (QED) is 0.881. The largest absolute Gasteiger partial charge is 0.348 e. The zero-order valence-corrected chi connectivity index (χ0v) is 12.6. The highest BCUT2D eigenvalue weighted by Gasteiger charge is 2.06. The Morgan fingerprint density at radius 3 is 2.90 bits per heavy atom. The van der Waals surface area contributed by atoms with Crippen molar-refractivity contribution in [1.29, 1.82) is 0 Å². The van der Waals surface area contributed by atoms with E-state index in [0.29, 0.717) is 25.1 Å². The molecule has 1 aromatic heterocycles. The first kappa shape index (κ1) is 14.7. The van der Waals surface area contributed by atoms with Gasteiger partial charge in [0.2, 0.25) is 0 Å². The molecule has 104 valence electrons. The monoisotopic (exact) mass is 333 g/mol. The van der Waals surface area contributed by atoms with Crippen LogP contribution >= 0.6 is 15.9 Å². The molecule has 2 aromatic rings. The van der Waals surface area contributed by atoms with Crippen molar-refractivity contribution in [2.24, 2.45) is 5.73 Å². The van der Waals surface area contributed by atoms with Gasteiger partial charge in [-0.3, -0.25) is 9.78 Å². The fourth-order valence-electron chi connectivity index (χ4n) is 1.84. The van der Waals surface area contributed by atoms with E-state index in [1.165, 1.54) is 0 Å². The number of carbonyl (C=O) groups is 1. The van der Waals surface area contributed by atoms with E-state index >= 15 is 0 Å². The van der Waals surface area contributed by atoms with E-state index in [1.807, 2.05) is 24.3 Å². The maximum absolute atomic E-state index is 12.1. The molecule has 1 amide bonds. The van der Waals surface area contributed by atoms with Gasteiger partial charge in [0, 0.05) is 34.9 Å². The highest BCUT2D eigenvalue weighted by Crippen LogP contribution is 2.11. The second kappa shape index (κ2) is 7.17. The lowest BCUT2D eigenvalue weighted by molar-refractivity contribution is 0.0950. The predicted octanol–water partition coefficient (Wildman–Crippen LogP) is 2.28. The molecule has 0 unspecified atom stereocenters. The van der Waals surface area contributed by atoms with Crippen LogP contribution in [0, 0.1) is 0 Å². The van der Waals surface area contributed by atoms with Gasteiger partial charge in [-0.05, 0) is 36.4 Å². The van der Waals surface area contributed by atoms with Crippen LogP contribution < -0.4 is 11.1 Å². The van der Waals surface area contributed by atoms with E-state index in [-0.39, 0.29) is 5.91 Å². The van der Waals surface area contributed by atoms with Gasteiger partial charge in [-0.25, -0.2) is 0 Å². The minimum Gasteiger partial charge on any atom is -0.348 e. The lowest BCUT2D eigenvalue weighted by atomic mass is 10.1. The zero-order valence-electron chi connectivity index (χ0n) is 11.0. The summed E-state index contributed by atoms with van der Waals surface area (Å²) in [6.07, 6.45) is 2.31. The molecule has 5 heteroatoms. The molecule has 0 aliphatic carbocycles. The van der Waals surface area contributed by atoms with Gasteiger partial charge >= 0.3 is 0 Å². The summed E-state index contributed by atoms with van der Waals surface area (Å²) in [4.78, 5) is 16.3. The summed E-state index contributed by atoms with van der Waals surface area (Å²) >= 11 is 3.41. The molecule has 0 atom stereocenters. The van der Waals surface area contributed by atoms with E-state index in [0.717, 1.165) is 15.7 Å². The van der Waals surface area contributed by atoms with Crippen LogP contribution in [0.15, 0.2) is 47.1 Å². The van der Waals surface area contributed by atoms with E-state index in [1.54, 1.807) is 18.3 Å². The minimum atomic E-state index is -0.106. The topological polar surface area (TPSA) is 68.0 Å². The SMILES string of the molecule is NCCc1cc(C(=O)NCc2cccc(Br)c2)ccn1. The molecule has 2 rings (SSSR count). The average Bonchev–Trinajstić information content (AvgIpc) is 2.45. The lowest BCUT2D eigenvalue weighted by Gasteiger charge is -2.07. The molecule has 0 aliphatic rings. The van der Waals surface area contributed by atoms with Crippen molar-refractivity contribution in [3.8, 4) is 0 Å². The number of hydrogen-bond donors (Lipinski definition) is 2. The molecular formula is C15H16BrN3O. The van der Waals surface area contributed by atoms with E-state index in [4.69, 9.17) is 5.73 Å². The molecule has 0 bridgehead atoms. The third-order valence-electron chi connectivity index (χ3n) is 2.82. The van der Waals surface area contributed by atoms with Gasteiger partial charge in [0.25, 0.3) is 5.91 Å². The summed E-state index contributed by atoms with van der Waals surface area (Å²) in [6, 6.07) is 11.3. The Hall–Kier alpha value is -1.72. The van der Waals surface area contributed by atoms with Crippen LogP contribution in [-0.4, -0.2) is 17.4 Å². The number of halogens is 1. The molecule has 0 fully saturated rings. The Morgan fingerprint density at radius 2 is 2.15 bits per heavy atom. The van der Waals surface area contributed by atoms with Crippen LogP contribution in [0.25, 0.3) is 0 Å². The third kappa shape index (κ3) is 4.15. The molecule has 0 radical (unpaired) electrons. The predicted molar refractivity (Wildman–Crippen MR) is 82.3 cm³/mol. The third-order valence-corrected chi connectivity index (χ3v) is 3.31. The Bertz CT molecular complexity index is 601. The van der Waals surface area contributed by atoms with Crippen LogP contribution in [-0.2, 0) is 13.0 Å². The van der Waals surface area contributed by atoms with Crippen LogP contribution in [0.1, 0.15) is 21.6 Å². The summed E-state index contributed by atoms with van der Waals surface area (Å²) in [7, 11) is 0. The number of nitrogens with one attached hydrogen (secondary N) is 1. The Balaban J connectivity index is 1.99. The molecule has 20 heavy (non-hydrogen) atoms. The number of rotatable bonds is 5. The van der Waals surface area contributed by atoms with Gasteiger partial charge in [-0.1, -0.05) is 28.1 Å². The van der Waals surface area contributed by atoms with Crippen molar-refractivity contribution < 1.29 is 4.79 Å². The molecule has 0 saturated carbocycles. The maximum atomic E-state index is 12.1. The van der Waals surface area contributed by atoms with Gasteiger partial charge in [-0.2, -0.15) is 0 Å². The van der Waals surface area contributed by atoms with Crippen LogP contribution in [0.5, 0.6) is 0 Å². The average molecular weight is 334 g/mol. The molecule has 4 nitrogen and oxygen atoms in total. The number of carbonyl (C=O) groups excluding carboxylic acids is 1. The lowest BCUT2D eigenvalue weighted by Crippen LogP contribution is -2.23. The fraction of sp³-hybridized carbons (Fsp3) is 0.200. The smallest absolute Gasteiger partial charge is 0.251 e. The van der Waals surface area contributed by atoms with Crippen molar-refractivity contribution >= 4 is 21.8 Å². The van der Waals surface area contributed by atoms with Gasteiger partial charge in [-0.15, -0.1) is 0 Å². The van der Waals surface area contributed by atoms with E-state index < -0.39 is 0 Å². The number of benzene rings is 1. The van der Waals surface area contributed by atoms with Crippen LogP contribution in [0.2, 0.25) is 0 Å². The van der Waals surface area contributed by atoms with Crippen LogP contribution in [0.3, 0.4) is 0 Å². The number of pyridine rings is 1. The zero-order chi connectivity index (χ0) is 14.4. The first-order valence-electron chi connectivity index (χ1n) is 6.36. The van der Waals surface area contributed by atoms with Crippen molar-refractivity contribution in [3.05, 3.63) is 63.9 Å². The molecule has 3 N–H and O–H groups in total. The highest BCUT2D eigenvalue weighted by molar-refractivity contribution is 9.10. The Labute approximate surface area is 126 Å². The second-order valence-corrected chi connectivity index (χ2v) is 5.30. The molecule has 1 heterocycles. The standard InChI is InChI=1S/C15H16BrN3O/c16-13-3-1-2-11(8-13)10-19-15(20)12-5-7-18-14(9-12)4-6-17/h1-3,5,7-9H,4,6,10,17H2,(H,19,20). The Kier molecular flexibility index (Phi) is 5.26. The second-order valence-electron chi connectivity index (χ2n) is 4.39. The summed E-state index contributed by atoms with van der Waals surface area (Å²) in [5.74, 6) is -0.106. The summed E-state index contributed by atoms with van der Waals surface area (Å²) in [5, 5.41) is 2.89. The molecule has 0 spiro atoms. The van der Waals surface area contributed by atoms with Gasteiger partial charge in [0.05, 0.1) is 0 Å². The van der Waals surface area contributed by atoms with Crippen molar-refractivity contribution in [2.45, 2.75) is 13.0 Å². The number of hydrogen-bond acceptors (Lipinski definition) is 3. The van der Waals surface area contributed by atoms with Crippen molar-refractivity contribution in [1.82, 2.24) is 10.3 Å². The summed E-state index contributed by atoms with van der Waals surface area (Å²) < 4.78 is 0.999. The Morgan fingerprint density at radius 1 is 1.30 bits per heavy atom. The number of nitrogens with zero attached hydrogens (tertiary/aromatic N) is 1.